The third-order valence-electron chi connectivity index (χ3n) is 13.2. The minimum absolute atomic E-state index is 0.0158. The van der Waals surface area contributed by atoms with Crippen molar-refractivity contribution in [2.75, 3.05) is 62.3 Å². The first-order valence-electron chi connectivity index (χ1n) is 23.8. The Morgan fingerprint density at radius 1 is 0.971 bits per heavy atom. The van der Waals surface area contributed by atoms with Gasteiger partial charge in [-0.2, -0.15) is 0 Å². The molecule has 3 unspecified atom stereocenters. The Hall–Kier alpha value is -6.44. The van der Waals surface area contributed by atoms with Gasteiger partial charge in [0.05, 0.1) is 49.7 Å². The molecule has 1 spiro atoms. The second-order valence-corrected chi connectivity index (χ2v) is 20.7. The van der Waals surface area contributed by atoms with Crippen molar-refractivity contribution in [3.05, 3.63) is 119 Å². The maximum Gasteiger partial charge on any atom is 0.305 e. The number of amides is 4. The van der Waals surface area contributed by atoms with Gasteiger partial charge in [0.15, 0.2) is 0 Å². The van der Waals surface area contributed by atoms with Gasteiger partial charge in [0.25, 0.3) is 0 Å². The normalized spacial score (nSPS) is 17.3. The van der Waals surface area contributed by atoms with Crippen LogP contribution >= 0.6 is 0 Å². The number of hydrogen-bond donors (Lipinski definition) is 5. The summed E-state index contributed by atoms with van der Waals surface area (Å²) >= 11 is 0. The largest absolute Gasteiger partial charge is 0.481 e. The molecule has 376 valence electrons. The third kappa shape index (κ3) is 13.7. The maximum absolute atomic E-state index is 13.6. The summed E-state index contributed by atoms with van der Waals surface area (Å²) in [6.07, 6.45) is 8.29. The zero-order valence-electron chi connectivity index (χ0n) is 40.7. The molecule has 5 heterocycles. The molecule has 0 radical (unpaired) electrons. The van der Waals surface area contributed by atoms with Crippen LogP contribution in [0.25, 0.3) is 0 Å². The first-order valence-corrected chi connectivity index (χ1v) is 25.6. The molecule has 0 aliphatic carbocycles. The van der Waals surface area contributed by atoms with E-state index in [9.17, 15) is 37.5 Å². The van der Waals surface area contributed by atoms with Crippen LogP contribution in [0.15, 0.2) is 91.3 Å². The first-order chi connectivity index (χ1) is 33.3. The number of nitrogens with two attached hydrogens (primary N) is 1. The topological polar surface area (TPSA) is 247 Å². The number of fused-ring (bicyclic) bond motifs is 2. The standard InChI is InChI=1S/C27H36N4O5S.C24H31N5O4/c1-26(2,28)25(33)29-22(18-36-17-20-9-5-4-6-10-20)24(32)30-15-13-27(14-16-30)19-31(37(3,34)35)23-12-8-7-11-21(23)27;1-3-16-6-8-19(27-23(16)25-2)9-7-17-10-12-29(24(17)33)15-21(30)28-20(13-22(31)32)18-5-4-11-26-14-18/h4-12,22H,13-19,28H2,1-3H3,(H,29,33);4-6,8,11,14,17,20H,3,7,9-10,12-13,15H2,1-2H3,(H,25,27)(H,28,30)(H,31,32). The second kappa shape index (κ2) is 23.4. The monoisotopic (exact) mass is 981 g/mol. The zero-order chi connectivity index (χ0) is 50.6. The van der Waals surface area contributed by atoms with Crippen molar-refractivity contribution in [2.45, 2.75) is 95.4 Å². The first kappa shape index (κ1) is 52.9. The molecule has 7 rings (SSSR count). The number of rotatable bonds is 19. The summed E-state index contributed by atoms with van der Waals surface area (Å²) in [6, 6.07) is 23.1. The third-order valence-corrected chi connectivity index (χ3v) is 14.3. The SMILES string of the molecule is CC(C)(N)C(=O)NC(COCc1ccccc1)C(=O)N1CCC2(CC1)CN(S(C)(=O)=O)c1ccccc12.CCc1ccc(CCC2CCN(CC(=O)NC(CC(=O)O)c3cccnc3)C2=O)nc1NC. The van der Waals surface area contributed by atoms with Crippen LogP contribution in [0.3, 0.4) is 0 Å². The van der Waals surface area contributed by atoms with E-state index in [0.29, 0.717) is 70.5 Å². The average molecular weight is 982 g/mol. The minimum atomic E-state index is -3.42. The average Bonchev–Trinajstić information content (AvgIpc) is 3.86. The Kier molecular flexibility index (Phi) is 17.7. The summed E-state index contributed by atoms with van der Waals surface area (Å²) in [4.78, 5) is 74.8. The smallest absolute Gasteiger partial charge is 0.305 e. The Morgan fingerprint density at radius 2 is 1.69 bits per heavy atom. The lowest BCUT2D eigenvalue weighted by atomic mass is 9.74. The van der Waals surface area contributed by atoms with Crippen LogP contribution < -0.4 is 26.0 Å². The van der Waals surface area contributed by atoms with Gasteiger partial charge in [-0.25, -0.2) is 13.4 Å². The number of carboxylic acids is 1. The van der Waals surface area contributed by atoms with Crippen molar-refractivity contribution in [2.24, 2.45) is 11.7 Å². The van der Waals surface area contributed by atoms with E-state index in [1.165, 1.54) is 16.8 Å². The highest BCUT2D eigenvalue weighted by Crippen LogP contribution is 2.48. The molecule has 19 heteroatoms. The molecule has 6 N–H and O–H groups in total. The summed E-state index contributed by atoms with van der Waals surface area (Å²) in [5, 5.41) is 17.8. The van der Waals surface area contributed by atoms with Gasteiger partial charge in [-0.05, 0) is 92.8 Å². The number of sulfonamides is 1. The van der Waals surface area contributed by atoms with E-state index in [-0.39, 0.29) is 48.6 Å². The minimum Gasteiger partial charge on any atom is -0.481 e. The van der Waals surface area contributed by atoms with Crippen molar-refractivity contribution in [1.29, 1.82) is 0 Å². The molecule has 2 aromatic carbocycles. The van der Waals surface area contributed by atoms with Crippen molar-refractivity contribution < 1.29 is 42.2 Å². The van der Waals surface area contributed by atoms with Crippen LogP contribution in [0.2, 0.25) is 0 Å². The van der Waals surface area contributed by atoms with Gasteiger partial charge in [-0.1, -0.05) is 67.6 Å². The maximum atomic E-state index is 13.6. The van der Waals surface area contributed by atoms with Crippen LogP contribution in [0.5, 0.6) is 0 Å². The van der Waals surface area contributed by atoms with E-state index >= 15 is 0 Å². The van der Waals surface area contributed by atoms with E-state index < -0.39 is 39.5 Å². The molecule has 4 aromatic rings. The predicted molar refractivity (Wildman–Crippen MR) is 266 cm³/mol. The Labute approximate surface area is 410 Å². The number of para-hydroxylation sites is 1. The number of pyridine rings is 2. The molecular weight excluding hydrogens is 915 g/mol. The number of benzene rings is 2. The lowest BCUT2D eigenvalue weighted by Crippen LogP contribution is -2.59. The van der Waals surface area contributed by atoms with Gasteiger partial charge in [-0.15, -0.1) is 0 Å². The second-order valence-electron chi connectivity index (χ2n) is 18.8. The molecule has 3 aliphatic heterocycles. The fraction of sp³-hybridized carbons (Fsp3) is 0.471. The van der Waals surface area contributed by atoms with Crippen LogP contribution in [0.1, 0.15) is 86.9 Å². The number of aryl methyl sites for hydroxylation is 2. The van der Waals surface area contributed by atoms with Gasteiger partial charge in [0.2, 0.25) is 33.7 Å². The summed E-state index contributed by atoms with van der Waals surface area (Å²) in [5.74, 6) is -1.38. The predicted octanol–water partition coefficient (Wildman–Crippen LogP) is 3.96. The number of carbonyl (C=O) groups is 5. The summed E-state index contributed by atoms with van der Waals surface area (Å²) in [6.45, 7) is 7.28. The van der Waals surface area contributed by atoms with Gasteiger partial charge >= 0.3 is 5.97 Å². The molecule has 0 saturated carbocycles. The van der Waals surface area contributed by atoms with Crippen molar-refractivity contribution in [1.82, 2.24) is 30.4 Å². The molecule has 2 aromatic heterocycles. The number of carbonyl (C=O) groups excluding carboxylic acids is 4. The van der Waals surface area contributed by atoms with Crippen LogP contribution in [-0.4, -0.2) is 127 Å². The van der Waals surface area contributed by atoms with Crippen molar-refractivity contribution in [3.63, 3.8) is 0 Å². The number of aliphatic carboxylic acids is 1. The molecule has 4 amide bonds. The fourth-order valence-electron chi connectivity index (χ4n) is 9.21. The number of ether oxygens (including phenoxy) is 1. The van der Waals surface area contributed by atoms with Crippen LogP contribution in [-0.2, 0) is 63.6 Å². The molecule has 2 fully saturated rings. The van der Waals surface area contributed by atoms with E-state index in [0.717, 1.165) is 40.3 Å². The van der Waals surface area contributed by atoms with Gasteiger partial charge < -0.3 is 41.3 Å². The van der Waals surface area contributed by atoms with Gasteiger partial charge in [0, 0.05) is 62.6 Å². The number of hydrogen-bond acceptors (Lipinski definition) is 12. The highest BCUT2D eigenvalue weighted by molar-refractivity contribution is 7.92. The quantitative estimate of drug-likeness (QED) is 0.0895. The lowest BCUT2D eigenvalue weighted by molar-refractivity contribution is -0.140. The van der Waals surface area contributed by atoms with Gasteiger partial charge in [-0.3, -0.25) is 33.3 Å². The number of anilines is 2. The molecule has 2 saturated heterocycles. The number of carboxylic acid groups (broad SMARTS) is 1. The highest BCUT2D eigenvalue weighted by atomic mass is 32.2. The zero-order valence-corrected chi connectivity index (χ0v) is 41.5. The lowest BCUT2D eigenvalue weighted by Gasteiger charge is -2.41. The fourth-order valence-corrected chi connectivity index (χ4v) is 10.2. The Bertz CT molecular complexity index is 2570. The Morgan fingerprint density at radius 3 is 2.33 bits per heavy atom. The molecule has 3 aliphatic rings. The van der Waals surface area contributed by atoms with Gasteiger partial charge in [0.1, 0.15) is 11.9 Å². The summed E-state index contributed by atoms with van der Waals surface area (Å²) in [5.41, 5.74) is 9.87. The molecule has 18 nitrogen and oxygen atoms in total. The van der Waals surface area contributed by atoms with E-state index in [2.05, 4.69) is 38.9 Å². The molecule has 0 bridgehead atoms. The highest BCUT2D eigenvalue weighted by Gasteiger charge is 2.48. The van der Waals surface area contributed by atoms with E-state index in [4.69, 9.17) is 10.5 Å². The number of nitrogens with one attached hydrogen (secondary N) is 3. The molecule has 3 atom stereocenters. The van der Waals surface area contributed by atoms with Crippen molar-refractivity contribution in [3.8, 4) is 0 Å². The van der Waals surface area contributed by atoms with Crippen molar-refractivity contribution >= 4 is 51.1 Å². The summed E-state index contributed by atoms with van der Waals surface area (Å²) < 4.78 is 32.2. The van der Waals surface area contributed by atoms with E-state index in [1.807, 2.05) is 67.7 Å². The number of piperidine rings is 1. The van der Waals surface area contributed by atoms with Crippen LogP contribution in [0, 0.1) is 5.92 Å². The van der Waals surface area contributed by atoms with Crippen LogP contribution in [0.4, 0.5) is 11.5 Å². The Balaban J connectivity index is 0.000000231. The van der Waals surface area contributed by atoms with E-state index in [1.54, 1.807) is 42.0 Å². The number of nitrogens with zero attached hydrogens (tertiary/aromatic N) is 5. The number of aromatic nitrogens is 2. The summed E-state index contributed by atoms with van der Waals surface area (Å²) in [7, 11) is -1.57. The molecular formula is C51H67N9O9S. The number of likely N-dealkylation sites (tertiary alicyclic amines) is 2. The molecule has 70 heavy (non-hydrogen) atoms.